The zero-order chi connectivity index (χ0) is 8.10. The molecule has 12 heavy (non-hydrogen) atoms. The summed E-state index contributed by atoms with van der Waals surface area (Å²) in [7, 11) is 0. The van der Waals surface area contributed by atoms with Gasteiger partial charge in [-0.05, 0) is 0 Å². The average molecular weight is 170 g/mol. The van der Waals surface area contributed by atoms with Crippen LogP contribution in [-0.2, 0) is 0 Å². The predicted octanol–water partition coefficient (Wildman–Crippen LogP) is 0.740. The van der Waals surface area contributed by atoms with Crippen molar-refractivity contribution in [2.75, 3.05) is 0 Å². The van der Waals surface area contributed by atoms with Crippen LogP contribution in [0.3, 0.4) is 0 Å². The van der Waals surface area contributed by atoms with E-state index in [1.807, 2.05) is 6.07 Å². The van der Waals surface area contributed by atoms with Gasteiger partial charge in [0.1, 0.15) is 6.07 Å². The first-order valence-electron chi connectivity index (χ1n) is 3.06. The van der Waals surface area contributed by atoms with E-state index in [1.54, 1.807) is 30.3 Å². The van der Waals surface area contributed by atoms with Crippen molar-refractivity contribution >= 4 is 35.3 Å². The molecule has 0 bridgehead atoms. The average Bonchev–Trinajstić information content (AvgIpc) is 2.09. The van der Waals surface area contributed by atoms with Gasteiger partial charge >= 0.3 is 29.6 Å². The van der Waals surface area contributed by atoms with Crippen LogP contribution in [0.2, 0.25) is 0 Å². The molecule has 0 fully saturated rings. The first-order valence-corrected chi connectivity index (χ1v) is 3.06. The minimum atomic E-state index is 0. The molecule has 0 unspecified atom stereocenters. The minimum absolute atomic E-state index is 0. The van der Waals surface area contributed by atoms with E-state index in [9.17, 15) is 0 Å². The zero-order valence-corrected chi connectivity index (χ0v) is 5.73. The third-order valence-electron chi connectivity index (χ3n) is 1.25. The molecule has 4 heteroatoms. The van der Waals surface area contributed by atoms with Crippen molar-refractivity contribution < 1.29 is 5.21 Å². The van der Waals surface area contributed by atoms with E-state index < -0.39 is 0 Å². The Morgan fingerprint density at radius 1 is 1.33 bits per heavy atom. The van der Waals surface area contributed by atoms with Crippen LogP contribution in [0.4, 0.5) is 0 Å². The van der Waals surface area contributed by atoms with Gasteiger partial charge in [0, 0.05) is 5.56 Å². The second-order valence-corrected chi connectivity index (χ2v) is 1.93. The molecular formula is C8H7N2NaO. The molecule has 0 saturated heterocycles. The summed E-state index contributed by atoms with van der Waals surface area (Å²) in [5.41, 5.74) is 0.656. The van der Waals surface area contributed by atoms with Gasteiger partial charge in [0.2, 0.25) is 0 Å². The molecule has 1 aromatic rings. The van der Waals surface area contributed by atoms with Crippen molar-refractivity contribution in [3.05, 3.63) is 35.9 Å². The third-order valence-corrected chi connectivity index (χ3v) is 1.25. The fraction of sp³-hybridized carbons (Fsp3) is 0. The van der Waals surface area contributed by atoms with E-state index in [1.165, 1.54) is 0 Å². The van der Waals surface area contributed by atoms with Crippen LogP contribution in [0.25, 0.3) is 0 Å². The van der Waals surface area contributed by atoms with Gasteiger partial charge in [-0.25, -0.2) is 0 Å². The number of hydrogen-bond acceptors (Lipinski definition) is 3. The topological polar surface area (TPSA) is 56.4 Å². The number of rotatable bonds is 1. The Balaban J connectivity index is 0.00000121. The third kappa shape index (κ3) is 2.67. The fourth-order valence-electron chi connectivity index (χ4n) is 0.741. The van der Waals surface area contributed by atoms with Crippen molar-refractivity contribution in [3.63, 3.8) is 0 Å². The molecular weight excluding hydrogens is 163 g/mol. The first kappa shape index (κ1) is 11.2. The van der Waals surface area contributed by atoms with Crippen LogP contribution in [-0.4, -0.2) is 40.5 Å². The molecule has 3 nitrogen and oxygen atoms in total. The Morgan fingerprint density at radius 3 is 2.33 bits per heavy atom. The molecule has 0 heterocycles. The molecule has 0 radical (unpaired) electrons. The van der Waals surface area contributed by atoms with E-state index in [4.69, 9.17) is 10.5 Å². The molecule has 0 aliphatic heterocycles. The standard InChI is InChI=1S/C8H6N2O.Na.H/c9-6-8(10-11)7-4-2-1-3-5-7;;/h1-5,11H;;/b10-8-;;. The van der Waals surface area contributed by atoms with Crippen molar-refractivity contribution in [2.45, 2.75) is 0 Å². The Bertz CT molecular complexity index is 303. The van der Waals surface area contributed by atoms with Gasteiger partial charge in [0.05, 0.1) is 0 Å². The SMILES string of the molecule is N#C/C(=N/O)c1ccccc1.[NaH]. The van der Waals surface area contributed by atoms with Gasteiger partial charge in [0.25, 0.3) is 0 Å². The summed E-state index contributed by atoms with van der Waals surface area (Å²) < 4.78 is 0. The van der Waals surface area contributed by atoms with Gasteiger partial charge in [-0.1, -0.05) is 35.5 Å². The van der Waals surface area contributed by atoms with Crippen LogP contribution >= 0.6 is 0 Å². The van der Waals surface area contributed by atoms with Crippen molar-refractivity contribution in [2.24, 2.45) is 5.16 Å². The van der Waals surface area contributed by atoms with Gasteiger partial charge in [-0.3, -0.25) is 0 Å². The predicted molar refractivity (Wildman–Crippen MR) is 47.5 cm³/mol. The van der Waals surface area contributed by atoms with Crippen LogP contribution in [0.5, 0.6) is 0 Å². The second-order valence-electron chi connectivity index (χ2n) is 1.93. The molecule has 0 aromatic heterocycles. The van der Waals surface area contributed by atoms with Gasteiger partial charge in [-0.2, -0.15) is 5.26 Å². The van der Waals surface area contributed by atoms with Crippen LogP contribution in [0.1, 0.15) is 5.56 Å². The van der Waals surface area contributed by atoms with Crippen molar-refractivity contribution in [1.82, 2.24) is 0 Å². The van der Waals surface area contributed by atoms with E-state index >= 15 is 0 Å². The summed E-state index contributed by atoms with van der Waals surface area (Å²) in [5, 5.41) is 19.6. The van der Waals surface area contributed by atoms with Crippen LogP contribution in [0.15, 0.2) is 35.5 Å². The first-order chi connectivity index (χ1) is 5.38. The van der Waals surface area contributed by atoms with Crippen LogP contribution < -0.4 is 0 Å². The maximum absolute atomic E-state index is 8.44. The molecule has 0 amide bonds. The molecule has 0 saturated carbocycles. The Morgan fingerprint density at radius 2 is 1.92 bits per heavy atom. The molecule has 1 N–H and O–H groups in total. The monoisotopic (exact) mass is 170 g/mol. The maximum atomic E-state index is 8.44. The summed E-state index contributed by atoms with van der Waals surface area (Å²) in [4.78, 5) is 0. The number of hydrogen-bond donors (Lipinski definition) is 1. The Hall–Kier alpha value is -0.820. The van der Waals surface area contributed by atoms with E-state index in [2.05, 4.69) is 5.16 Å². The van der Waals surface area contributed by atoms with E-state index in [0.717, 1.165) is 0 Å². The zero-order valence-electron chi connectivity index (χ0n) is 5.73. The molecule has 0 aliphatic carbocycles. The number of nitriles is 1. The summed E-state index contributed by atoms with van der Waals surface area (Å²) in [6.45, 7) is 0. The summed E-state index contributed by atoms with van der Waals surface area (Å²) in [5.74, 6) is 0. The number of oxime groups is 1. The van der Waals surface area contributed by atoms with E-state index in [0.29, 0.717) is 5.56 Å². The van der Waals surface area contributed by atoms with Crippen LogP contribution in [0, 0.1) is 11.3 Å². The number of benzene rings is 1. The molecule has 0 spiro atoms. The molecule has 0 aliphatic rings. The summed E-state index contributed by atoms with van der Waals surface area (Å²) in [6, 6.07) is 10.6. The van der Waals surface area contributed by atoms with Crippen molar-refractivity contribution in [3.8, 4) is 6.07 Å². The van der Waals surface area contributed by atoms with Gasteiger partial charge in [0.15, 0.2) is 5.71 Å². The second kappa shape index (κ2) is 5.78. The fourth-order valence-corrected chi connectivity index (χ4v) is 0.741. The molecule has 1 rings (SSSR count). The molecule has 56 valence electrons. The van der Waals surface area contributed by atoms with E-state index in [-0.39, 0.29) is 35.3 Å². The summed E-state index contributed by atoms with van der Waals surface area (Å²) in [6.07, 6.45) is 0. The number of nitrogens with zero attached hydrogens (tertiary/aromatic N) is 2. The Labute approximate surface area is 92.6 Å². The molecule has 1 aromatic carbocycles. The normalized spacial score (nSPS) is 9.75. The van der Waals surface area contributed by atoms with Crippen molar-refractivity contribution in [1.29, 1.82) is 5.26 Å². The molecule has 0 atom stereocenters. The van der Waals surface area contributed by atoms with Gasteiger partial charge < -0.3 is 5.21 Å². The van der Waals surface area contributed by atoms with Gasteiger partial charge in [-0.15, -0.1) is 0 Å². The summed E-state index contributed by atoms with van der Waals surface area (Å²) >= 11 is 0. The quantitative estimate of drug-likeness (QED) is 0.292. The Kier molecular flexibility index (Phi) is 5.39.